The van der Waals surface area contributed by atoms with Gasteiger partial charge in [-0.3, -0.25) is 0 Å². The molecule has 0 amide bonds. The highest BCUT2D eigenvalue weighted by atomic mass is 13.9. The van der Waals surface area contributed by atoms with Crippen molar-refractivity contribution < 1.29 is 0 Å². The van der Waals surface area contributed by atoms with E-state index in [1.807, 2.05) is 60.7 Å². The molecule has 0 spiro atoms. The highest BCUT2D eigenvalue weighted by molar-refractivity contribution is 5.39. The third kappa shape index (κ3) is 4.18. The van der Waals surface area contributed by atoms with Crippen molar-refractivity contribution in [2.75, 3.05) is 0 Å². The van der Waals surface area contributed by atoms with Gasteiger partial charge in [-0.15, -0.1) is 12.8 Å². The van der Waals surface area contributed by atoms with Gasteiger partial charge in [-0.05, 0) is 24.3 Å². The molecule has 0 heterocycles. The van der Waals surface area contributed by atoms with E-state index in [0.717, 1.165) is 11.1 Å². The van der Waals surface area contributed by atoms with Crippen molar-refractivity contribution in [3.8, 4) is 24.7 Å². The number of benzene rings is 2. The number of hydrogen-bond acceptors (Lipinski definition) is 0. The van der Waals surface area contributed by atoms with Gasteiger partial charge in [-0.1, -0.05) is 48.2 Å². The first-order valence-corrected chi connectivity index (χ1v) is 4.90. The van der Waals surface area contributed by atoms with Gasteiger partial charge < -0.3 is 0 Å². The second-order valence-corrected chi connectivity index (χ2v) is 3.02. The van der Waals surface area contributed by atoms with Crippen molar-refractivity contribution in [3.63, 3.8) is 0 Å². The molecule has 0 aliphatic heterocycles. The molecule has 2 aromatic rings. The summed E-state index contributed by atoms with van der Waals surface area (Å²) < 4.78 is 0. The van der Waals surface area contributed by atoms with Gasteiger partial charge in [0.15, 0.2) is 0 Å². The molecule has 0 aliphatic rings. The van der Waals surface area contributed by atoms with Crippen LogP contribution in [0, 0.1) is 24.7 Å². The molecule has 2 rings (SSSR count). The molecular weight excluding hydrogens is 192 g/mol. The third-order valence-corrected chi connectivity index (χ3v) is 1.88. The van der Waals surface area contributed by atoms with Gasteiger partial charge in [0.05, 0.1) is 0 Å². The molecule has 0 N–H and O–H groups in total. The Labute approximate surface area is 97.0 Å². The molecule has 0 saturated carbocycles. The molecule has 0 radical (unpaired) electrons. The molecule has 0 heteroatoms. The summed E-state index contributed by atoms with van der Waals surface area (Å²) in [6.07, 6.45) is 10.3. The van der Waals surface area contributed by atoms with E-state index in [0.29, 0.717) is 0 Å². The Morgan fingerprint density at radius 1 is 0.562 bits per heavy atom. The SMILES string of the molecule is C#Cc1ccc(C#C)cc1.c1ccccc1. The largest absolute Gasteiger partial charge is 0.115 e. The molecule has 16 heavy (non-hydrogen) atoms. The minimum atomic E-state index is 0.860. The molecule has 2 aromatic carbocycles. The number of hydrogen-bond donors (Lipinski definition) is 0. The molecule has 0 nitrogen and oxygen atoms in total. The molecular formula is C16H12. The van der Waals surface area contributed by atoms with Crippen LogP contribution >= 0.6 is 0 Å². The first kappa shape index (κ1) is 11.6. The van der Waals surface area contributed by atoms with Gasteiger partial charge in [-0.2, -0.15) is 0 Å². The summed E-state index contributed by atoms with van der Waals surface area (Å²) in [6.45, 7) is 0. The second-order valence-electron chi connectivity index (χ2n) is 3.02. The Balaban J connectivity index is 0.000000181. The van der Waals surface area contributed by atoms with E-state index in [9.17, 15) is 0 Å². The molecule has 0 bridgehead atoms. The Morgan fingerprint density at radius 2 is 0.812 bits per heavy atom. The highest BCUT2D eigenvalue weighted by Crippen LogP contribution is 2.00. The molecule has 0 atom stereocenters. The predicted molar refractivity (Wildman–Crippen MR) is 68.8 cm³/mol. The molecule has 0 fully saturated rings. The zero-order valence-electron chi connectivity index (χ0n) is 8.93. The lowest BCUT2D eigenvalue weighted by Crippen LogP contribution is -1.74. The van der Waals surface area contributed by atoms with E-state index in [1.165, 1.54) is 0 Å². The zero-order chi connectivity index (χ0) is 11.6. The Kier molecular flexibility index (Phi) is 5.04. The van der Waals surface area contributed by atoms with Gasteiger partial charge in [0.1, 0.15) is 0 Å². The monoisotopic (exact) mass is 204 g/mol. The van der Waals surface area contributed by atoms with Crippen LogP contribution in [0.4, 0.5) is 0 Å². The van der Waals surface area contributed by atoms with Crippen LogP contribution in [0.15, 0.2) is 60.7 Å². The Hall–Kier alpha value is -2.44. The Bertz CT molecular complexity index is 419. The maximum absolute atomic E-state index is 5.14. The maximum Gasteiger partial charge on any atom is 0.0243 e. The van der Waals surface area contributed by atoms with Crippen LogP contribution < -0.4 is 0 Å². The standard InChI is InChI=1S/C10H6.C6H6/c1-3-9-5-7-10(4-2)8-6-9;1-2-4-6-5-3-1/h1-2,5-8H;1-6H. The minimum absolute atomic E-state index is 0.860. The van der Waals surface area contributed by atoms with Crippen molar-refractivity contribution in [2.45, 2.75) is 0 Å². The molecule has 76 valence electrons. The lowest BCUT2D eigenvalue weighted by molar-refractivity contribution is 1.61. The van der Waals surface area contributed by atoms with Crippen LogP contribution in [0.25, 0.3) is 0 Å². The second kappa shape index (κ2) is 6.93. The van der Waals surface area contributed by atoms with Gasteiger partial charge in [-0.25, -0.2) is 0 Å². The van der Waals surface area contributed by atoms with E-state index in [1.54, 1.807) is 0 Å². The number of terminal acetylenes is 2. The fraction of sp³-hybridized carbons (Fsp3) is 0. The molecule has 0 unspecified atom stereocenters. The normalized spacial score (nSPS) is 7.88. The van der Waals surface area contributed by atoms with E-state index >= 15 is 0 Å². The minimum Gasteiger partial charge on any atom is -0.115 e. The predicted octanol–water partition coefficient (Wildman–Crippen LogP) is 3.34. The summed E-state index contributed by atoms with van der Waals surface area (Å²) in [7, 11) is 0. The first-order chi connectivity index (χ1) is 7.86. The quantitative estimate of drug-likeness (QED) is 0.577. The number of rotatable bonds is 0. The fourth-order valence-corrected chi connectivity index (χ4v) is 1.05. The van der Waals surface area contributed by atoms with Crippen LogP contribution in [0.3, 0.4) is 0 Å². The lowest BCUT2D eigenvalue weighted by Gasteiger charge is -1.89. The van der Waals surface area contributed by atoms with Crippen LogP contribution in [-0.4, -0.2) is 0 Å². The average Bonchev–Trinajstić information content (AvgIpc) is 2.41. The van der Waals surface area contributed by atoms with Crippen LogP contribution in [0.5, 0.6) is 0 Å². The van der Waals surface area contributed by atoms with Crippen LogP contribution in [0.1, 0.15) is 11.1 Å². The Morgan fingerprint density at radius 3 is 1.00 bits per heavy atom. The maximum atomic E-state index is 5.14. The van der Waals surface area contributed by atoms with E-state index in [4.69, 9.17) is 12.8 Å². The van der Waals surface area contributed by atoms with Gasteiger partial charge >= 0.3 is 0 Å². The molecule has 0 aliphatic carbocycles. The summed E-state index contributed by atoms with van der Waals surface area (Å²) in [5.41, 5.74) is 1.72. The lowest BCUT2D eigenvalue weighted by atomic mass is 10.1. The summed E-state index contributed by atoms with van der Waals surface area (Å²) in [5.74, 6) is 5.02. The van der Waals surface area contributed by atoms with Crippen molar-refractivity contribution in [1.82, 2.24) is 0 Å². The molecule has 0 aromatic heterocycles. The smallest absolute Gasteiger partial charge is 0.0243 e. The zero-order valence-corrected chi connectivity index (χ0v) is 8.93. The van der Waals surface area contributed by atoms with E-state index in [2.05, 4.69) is 11.8 Å². The van der Waals surface area contributed by atoms with Crippen LogP contribution in [0.2, 0.25) is 0 Å². The van der Waals surface area contributed by atoms with Crippen molar-refractivity contribution in [3.05, 3.63) is 71.8 Å². The van der Waals surface area contributed by atoms with Crippen molar-refractivity contribution in [1.29, 1.82) is 0 Å². The fourth-order valence-electron chi connectivity index (χ4n) is 1.05. The first-order valence-electron chi connectivity index (χ1n) is 4.90. The third-order valence-electron chi connectivity index (χ3n) is 1.88. The van der Waals surface area contributed by atoms with Crippen molar-refractivity contribution >= 4 is 0 Å². The summed E-state index contributed by atoms with van der Waals surface area (Å²) >= 11 is 0. The topological polar surface area (TPSA) is 0 Å². The summed E-state index contributed by atoms with van der Waals surface area (Å²) in [5, 5.41) is 0. The average molecular weight is 204 g/mol. The van der Waals surface area contributed by atoms with E-state index < -0.39 is 0 Å². The molecule has 0 saturated heterocycles. The van der Waals surface area contributed by atoms with Gasteiger partial charge in [0.2, 0.25) is 0 Å². The highest BCUT2D eigenvalue weighted by Gasteiger charge is 1.85. The summed E-state index contributed by atoms with van der Waals surface area (Å²) in [4.78, 5) is 0. The van der Waals surface area contributed by atoms with Gasteiger partial charge in [0.25, 0.3) is 0 Å². The van der Waals surface area contributed by atoms with Gasteiger partial charge in [0, 0.05) is 11.1 Å². The van der Waals surface area contributed by atoms with Crippen LogP contribution in [-0.2, 0) is 0 Å². The van der Waals surface area contributed by atoms with Crippen molar-refractivity contribution in [2.24, 2.45) is 0 Å². The van der Waals surface area contributed by atoms with E-state index in [-0.39, 0.29) is 0 Å². The summed E-state index contributed by atoms with van der Waals surface area (Å²) in [6, 6.07) is 19.3.